The van der Waals surface area contributed by atoms with E-state index in [2.05, 4.69) is 37.8 Å². The van der Waals surface area contributed by atoms with Crippen LogP contribution >= 0.6 is 0 Å². The lowest BCUT2D eigenvalue weighted by atomic mass is 9.87. The summed E-state index contributed by atoms with van der Waals surface area (Å²) in [5, 5.41) is 11.9. The van der Waals surface area contributed by atoms with Crippen LogP contribution < -0.4 is 10.6 Å². The first kappa shape index (κ1) is 14.3. The highest BCUT2D eigenvalue weighted by Gasteiger charge is 2.26. The molecule has 0 aliphatic carbocycles. The van der Waals surface area contributed by atoms with Crippen molar-refractivity contribution in [1.29, 1.82) is 0 Å². The molecular formula is C13H22N4O. The predicted octanol–water partition coefficient (Wildman–Crippen LogP) is 2.05. The second-order valence-corrected chi connectivity index (χ2v) is 5.51. The molecule has 1 aromatic heterocycles. The molecule has 18 heavy (non-hydrogen) atoms. The Morgan fingerprint density at radius 3 is 2.61 bits per heavy atom. The summed E-state index contributed by atoms with van der Waals surface area (Å²) in [6, 6.07) is 3.83. The lowest BCUT2D eigenvalue weighted by molar-refractivity contribution is 0.318. The number of hydrogen-bond donors (Lipinski definition) is 2. The molecule has 1 atom stereocenters. The molecule has 1 unspecified atom stereocenters. The molecule has 0 aliphatic heterocycles. The first-order valence-corrected chi connectivity index (χ1v) is 5.94. The van der Waals surface area contributed by atoms with Crippen molar-refractivity contribution in [2.75, 3.05) is 11.9 Å². The molecule has 1 aromatic rings. The van der Waals surface area contributed by atoms with Crippen molar-refractivity contribution in [2.24, 2.45) is 16.3 Å². The number of oxime groups is 1. The minimum absolute atomic E-state index is 0.0751. The van der Waals surface area contributed by atoms with Crippen LogP contribution in [0.4, 0.5) is 5.82 Å². The van der Waals surface area contributed by atoms with E-state index in [1.54, 1.807) is 18.3 Å². The third-order valence-electron chi connectivity index (χ3n) is 3.34. The zero-order chi connectivity index (χ0) is 13.9. The fraction of sp³-hybridized carbons (Fsp3) is 0.538. The van der Waals surface area contributed by atoms with Crippen LogP contribution in [-0.4, -0.2) is 29.1 Å². The van der Waals surface area contributed by atoms with Crippen molar-refractivity contribution in [2.45, 2.75) is 33.7 Å². The summed E-state index contributed by atoms with van der Waals surface area (Å²) in [7, 11) is 1.96. The van der Waals surface area contributed by atoms with E-state index in [0.717, 1.165) is 5.82 Å². The van der Waals surface area contributed by atoms with Crippen molar-refractivity contribution in [1.82, 2.24) is 4.98 Å². The van der Waals surface area contributed by atoms with Gasteiger partial charge in [-0.05, 0) is 24.5 Å². The minimum Gasteiger partial charge on any atom is -0.409 e. The molecule has 0 saturated carbocycles. The minimum atomic E-state index is 0.0751. The van der Waals surface area contributed by atoms with E-state index in [-0.39, 0.29) is 17.3 Å². The third kappa shape index (κ3) is 2.91. The molecule has 0 bridgehead atoms. The van der Waals surface area contributed by atoms with Crippen LogP contribution in [0.1, 0.15) is 33.3 Å². The Hall–Kier alpha value is -1.78. The number of nitrogens with zero attached hydrogens (tertiary/aromatic N) is 3. The van der Waals surface area contributed by atoms with Gasteiger partial charge in [0.2, 0.25) is 0 Å². The van der Waals surface area contributed by atoms with E-state index in [1.807, 2.05) is 11.9 Å². The molecule has 1 rings (SSSR count). The van der Waals surface area contributed by atoms with Gasteiger partial charge >= 0.3 is 0 Å². The van der Waals surface area contributed by atoms with Gasteiger partial charge in [-0.1, -0.05) is 25.9 Å². The van der Waals surface area contributed by atoms with Crippen LogP contribution in [-0.2, 0) is 0 Å². The molecule has 0 spiro atoms. The summed E-state index contributed by atoms with van der Waals surface area (Å²) in [4.78, 5) is 6.39. The fourth-order valence-electron chi connectivity index (χ4n) is 1.70. The Morgan fingerprint density at radius 2 is 2.11 bits per heavy atom. The van der Waals surface area contributed by atoms with Crippen molar-refractivity contribution >= 4 is 11.7 Å². The smallest absolute Gasteiger partial charge is 0.173 e. The number of hydrogen-bond acceptors (Lipinski definition) is 4. The Kier molecular flexibility index (Phi) is 4.16. The molecule has 0 aliphatic rings. The van der Waals surface area contributed by atoms with Gasteiger partial charge in [0.1, 0.15) is 5.82 Å². The molecule has 5 heteroatoms. The van der Waals surface area contributed by atoms with Gasteiger partial charge in [-0.25, -0.2) is 4.98 Å². The summed E-state index contributed by atoms with van der Waals surface area (Å²) in [6.07, 6.45) is 1.70. The zero-order valence-corrected chi connectivity index (χ0v) is 11.7. The number of nitrogens with two attached hydrogens (primary N) is 1. The van der Waals surface area contributed by atoms with Gasteiger partial charge in [0.15, 0.2) is 5.84 Å². The third-order valence-corrected chi connectivity index (χ3v) is 3.34. The normalized spacial score (nSPS) is 14.4. The molecule has 5 nitrogen and oxygen atoms in total. The molecule has 0 saturated heterocycles. The summed E-state index contributed by atoms with van der Waals surface area (Å²) < 4.78 is 0. The number of anilines is 1. The molecule has 0 aromatic carbocycles. The molecule has 0 amide bonds. The average molecular weight is 250 g/mol. The molecule has 1 heterocycles. The van der Waals surface area contributed by atoms with Gasteiger partial charge in [0.05, 0.1) is 5.56 Å². The van der Waals surface area contributed by atoms with E-state index in [0.29, 0.717) is 5.56 Å². The van der Waals surface area contributed by atoms with Crippen LogP contribution in [0.15, 0.2) is 23.5 Å². The molecule has 0 radical (unpaired) electrons. The lowest BCUT2D eigenvalue weighted by Crippen LogP contribution is -2.40. The first-order chi connectivity index (χ1) is 8.29. The van der Waals surface area contributed by atoms with Gasteiger partial charge < -0.3 is 15.8 Å². The van der Waals surface area contributed by atoms with Crippen LogP contribution in [0, 0.1) is 5.41 Å². The highest BCUT2D eigenvalue weighted by Crippen LogP contribution is 2.27. The highest BCUT2D eigenvalue weighted by molar-refractivity contribution is 6.01. The number of amidine groups is 1. The van der Waals surface area contributed by atoms with Crippen molar-refractivity contribution in [3.63, 3.8) is 0 Å². The average Bonchev–Trinajstić information content (AvgIpc) is 2.35. The monoisotopic (exact) mass is 250 g/mol. The number of aromatic nitrogens is 1. The van der Waals surface area contributed by atoms with Gasteiger partial charge in [-0.15, -0.1) is 0 Å². The standard InChI is InChI=1S/C13H22N4O/c1-9(13(2,3)4)17(5)12-10(11(14)16-18)7-6-8-15-12/h6-9,18H,1-5H3,(H2,14,16). The summed E-state index contributed by atoms with van der Waals surface area (Å²) in [6.45, 7) is 8.63. The van der Waals surface area contributed by atoms with Crippen molar-refractivity contribution in [3.8, 4) is 0 Å². The maximum absolute atomic E-state index is 8.81. The maximum Gasteiger partial charge on any atom is 0.173 e. The van der Waals surface area contributed by atoms with E-state index >= 15 is 0 Å². The van der Waals surface area contributed by atoms with Crippen molar-refractivity contribution < 1.29 is 5.21 Å². The number of rotatable bonds is 3. The van der Waals surface area contributed by atoms with Gasteiger partial charge in [0, 0.05) is 19.3 Å². The highest BCUT2D eigenvalue weighted by atomic mass is 16.4. The largest absolute Gasteiger partial charge is 0.409 e. The fourth-order valence-corrected chi connectivity index (χ4v) is 1.70. The lowest BCUT2D eigenvalue weighted by Gasteiger charge is -2.36. The van der Waals surface area contributed by atoms with Crippen molar-refractivity contribution in [3.05, 3.63) is 23.9 Å². The SMILES string of the molecule is CC(N(C)c1ncccc1C(N)=NO)C(C)(C)C. The van der Waals surface area contributed by atoms with E-state index in [1.165, 1.54) is 0 Å². The van der Waals surface area contributed by atoms with Gasteiger partial charge in [0.25, 0.3) is 0 Å². The topological polar surface area (TPSA) is 74.7 Å². The second kappa shape index (κ2) is 5.25. The Morgan fingerprint density at radius 1 is 1.50 bits per heavy atom. The molecule has 100 valence electrons. The van der Waals surface area contributed by atoms with Crippen LogP contribution in [0.5, 0.6) is 0 Å². The Bertz CT molecular complexity index is 437. The Labute approximate surface area is 108 Å². The van der Waals surface area contributed by atoms with Crippen LogP contribution in [0.3, 0.4) is 0 Å². The van der Waals surface area contributed by atoms with E-state index in [9.17, 15) is 0 Å². The first-order valence-electron chi connectivity index (χ1n) is 5.94. The predicted molar refractivity (Wildman–Crippen MR) is 74.1 cm³/mol. The maximum atomic E-state index is 8.81. The molecule has 3 N–H and O–H groups in total. The quantitative estimate of drug-likeness (QED) is 0.372. The van der Waals surface area contributed by atoms with Gasteiger partial charge in [-0.2, -0.15) is 0 Å². The molecule has 0 fully saturated rings. The molecular weight excluding hydrogens is 228 g/mol. The van der Waals surface area contributed by atoms with Gasteiger partial charge in [-0.3, -0.25) is 0 Å². The second-order valence-electron chi connectivity index (χ2n) is 5.51. The summed E-state index contributed by atoms with van der Waals surface area (Å²) >= 11 is 0. The summed E-state index contributed by atoms with van der Waals surface area (Å²) in [5.74, 6) is 0.793. The van der Waals surface area contributed by atoms with Crippen LogP contribution in [0.25, 0.3) is 0 Å². The zero-order valence-electron chi connectivity index (χ0n) is 11.7. The van der Waals surface area contributed by atoms with E-state index in [4.69, 9.17) is 10.9 Å². The summed E-state index contributed by atoms with van der Waals surface area (Å²) in [5.41, 5.74) is 6.42. The Balaban J connectivity index is 3.18. The number of pyridine rings is 1. The van der Waals surface area contributed by atoms with Crippen LogP contribution in [0.2, 0.25) is 0 Å². The van der Waals surface area contributed by atoms with E-state index < -0.39 is 0 Å².